The van der Waals surface area contributed by atoms with Crippen molar-refractivity contribution in [3.8, 4) is 5.75 Å². The Kier molecular flexibility index (Phi) is 1.73. The second kappa shape index (κ2) is 2.75. The van der Waals surface area contributed by atoms with Gasteiger partial charge in [0.25, 0.3) is 0 Å². The second-order valence-corrected chi connectivity index (χ2v) is 3.39. The zero-order valence-electron chi connectivity index (χ0n) is 6.50. The summed E-state index contributed by atoms with van der Waals surface area (Å²) >= 11 is 1.58. The summed E-state index contributed by atoms with van der Waals surface area (Å²) in [6.07, 6.45) is 0. The van der Waals surface area contributed by atoms with Gasteiger partial charge in [-0.25, -0.2) is 4.39 Å². The number of hydrogen-bond acceptors (Lipinski definition) is 2. The average Bonchev–Trinajstić information content (AvgIpc) is 2.49. The maximum absolute atomic E-state index is 13.1. The topological polar surface area (TPSA) is 9.23 Å². The molecule has 1 nitrogen and oxygen atoms in total. The fourth-order valence-corrected chi connectivity index (χ4v) is 1.92. The van der Waals surface area contributed by atoms with Crippen LogP contribution >= 0.6 is 11.3 Å². The molecule has 0 saturated carbocycles. The van der Waals surface area contributed by atoms with Crippen molar-refractivity contribution in [2.24, 2.45) is 0 Å². The van der Waals surface area contributed by atoms with Gasteiger partial charge in [-0.1, -0.05) is 0 Å². The molecule has 0 N–H and O–H groups in total. The van der Waals surface area contributed by atoms with Gasteiger partial charge >= 0.3 is 0 Å². The third-order valence-corrected chi connectivity index (χ3v) is 2.61. The van der Waals surface area contributed by atoms with E-state index < -0.39 is 0 Å². The smallest absolute Gasteiger partial charge is 0.165 e. The van der Waals surface area contributed by atoms with Gasteiger partial charge in [-0.3, -0.25) is 0 Å². The Morgan fingerprint density at radius 2 is 2.25 bits per heavy atom. The van der Waals surface area contributed by atoms with E-state index in [1.165, 1.54) is 13.2 Å². The molecule has 12 heavy (non-hydrogen) atoms. The van der Waals surface area contributed by atoms with Crippen LogP contribution in [-0.4, -0.2) is 7.11 Å². The lowest BCUT2D eigenvalue weighted by Crippen LogP contribution is -1.86. The normalized spacial score (nSPS) is 10.5. The fourth-order valence-electron chi connectivity index (χ4n) is 1.12. The van der Waals surface area contributed by atoms with Crippen LogP contribution in [0.4, 0.5) is 4.39 Å². The van der Waals surface area contributed by atoms with Crippen LogP contribution in [0.2, 0.25) is 0 Å². The van der Waals surface area contributed by atoms with Gasteiger partial charge in [0.05, 0.1) is 7.11 Å². The Morgan fingerprint density at radius 1 is 1.42 bits per heavy atom. The Labute approximate surface area is 73.4 Å². The molecule has 0 amide bonds. The van der Waals surface area contributed by atoms with Gasteiger partial charge in [0.2, 0.25) is 0 Å². The number of methoxy groups -OCH3 is 1. The van der Waals surface area contributed by atoms with Gasteiger partial charge in [-0.05, 0) is 22.9 Å². The van der Waals surface area contributed by atoms with Crippen molar-refractivity contribution in [3.63, 3.8) is 0 Å². The number of rotatable bonds is 1. The summed E-state index contributed by atoms with van der Waals surface area (Å²) in [4.78, 5) is 0. The highest BCUT2D eigenvalue weighted by Crippen LogP contribution is 2.27. The predicted octanol–water partition coefficient (Wildman–Crippen LogP) is 3.05. The Morgan fingerprint density at radius 3 is 3.00 bits per heavy atom. The van der Waals surface area contributed by atoms with Crippen LogP contribution in [0.15, 0.2) is 23.6 Å². The van der Waals surface area contributed by atoms with Crippen molar-refractivity contribution in [1.82, 2.24) is 0 Å². The molecule has 0 atom stereocenters. The molecule has 3 heteroatoms. The minimum atomic E-state index is -0.302. The quantitative estimate of drug-likeness (QED) is 0.658. The van der Waals surface area contributed by atoms with Gasteiger partial charge in [-0.15, -0.1) is 11.3 Å². The molecule has 0 saturated heterocycles. The molecule has 0 radical (unpaired) electrons. The monoisotopic (exact) mass is 182 g/mol. The molecule has 0 spiro atoms. The predicted molar refractivity (Wildman–Crippen MR) is 48.3 cm³/mol. The van der Waals surface area contributed by atoms with Crippen LogP contribution in [0.5, 0.6) is 5.75 Å². The highest BCUT2D eigenvalue weighted by Gasteiger charge is 2.04. The molecule has 1 aromatic carbocycles. The number of fused-ring (bicyclic) bond motifs is 1. The van der Waals surface area contributed by atoms with E-state index >= 15 is 0 Å². The van der Waals surface area contributed by atoms with Gasteiger partial charge in [0.1, 0.15) is 0 Å². The van der Waals surface area contributed by atoms with E-state index in [1.807, 2.05) is 11.4 Å². The first-order valence-corrected chi connectivity index (χ1v) is 4.40. The molecule has 1 aromatic heterocycles. The van der Waals surface area contributed by atoms with Crippen LogP contribution in [-0.2, 0) is 0 Å². The molecule has 2 rings (SSSR count). The summed E-state index contributed by atoms with van der Waals surface area (Å²) in [6, 6.07) is 5.10. The third-order valence-electron chi connectivity index (χ3n) is 1.73. The van der Waals surface area contributed by atoms with E-state index in [4.69, 9.17) is 4.74 Å². The molecule has 0 fully saturated rings. The molecule has 0 aliphatic carbocycles. The molecular weight excluding hydrogens is 175 g/mol. The summed E-state index contributed by atoms with van der Waals surface area (Å²) in [7, 11) is 1.47. The fraction of sp³-hybridized carbons (Fsp3) is 0.111. The zero-order chi connectivity index (χ0) is 8.55. The summed E-state index contributed by atoms with van der Waals surface area (Å²) < 4.78 is 19.0. The van der Waals surface area contributed by atoms with Gasteiger partial charge in [-0.2, -0.15) is 0 Å². The lowest BCUT2D eigenvalue weighted by atomic mass is 10.2. The van der Waals surface area contributed by atoms with Crippen molar-refractivity contribution < 1.29 is 9.13 Å². The van der Waals surface area contributed by atoms with Crippen molar-refractivity contribution in [2.75, 3.05) is 7.11 Å². The lowest BCUT2D eigenvalue weighted by molar-refractivity contribution is 0.387. The summed E-state index contributed by atoms with van der Waals surface area (Å²) in [5.41, 5.74) is 0. The van der Waals surface area contributed by atoms with E-state index in [0.29, 0.717) is 5.75 Å². The Bertz CT molecular complexity index is 408. The Balaban J connectivity index is 2.73. The van der Waals surface area contributed by atoms with Crippen molar-refractivity contribution in [1.29, 1.82) is 0 Å². The van der Waals surface area contributed by atoms with Crippen LogP contribution in [0.3, 0.4) is 0 Å². The average molecular weight is 182 g/mol. The van der Waals surface area contributed by atoms with Crippen molar-refractivity contribution >= 4 is 21.4 Å². The second-order valence-electron chi connectivity index (χ2n) is 2.45. The molecule has 0 aliphatic heterocycles. The molecule has 1 heterocycles. The van der Waals surface area contributed by atoms with E-state index in [1.54, 1.807) is 17.4 Å². The number of ether oxygens (including phenoxy) is 1. The number of thiophene rings is 1. The number of hydrogen-bond donors (Lipinski definition) is 0. The van der Waals surface area contributed by atoms with Gasteiger partial charge < -0.3 is 4.74 Å². The van der Waals surface area contributed by atoms with Gasteiger partial charge in [0.15, 0.2) is 11.6 Å². The Hall–Kier alpha value is -1.09. The SMILES string of the molecule is COc1cc2sccc2cc1F. The van der Waals surface area contributed by atoms with Crippen molar-refractivity contribution in [2.45, 2.75) is 0 Å². The molecule has 62 valence electrons. The number of benzene rings is 1. The maximum atomic E-state index is 13.1. The molecule has 2 aromatic rings. The van der Waals surface area contributed by atoms with Crippen molar-refractivity contribution in [3.05, 3.63) is 29.4 Å². The minimum absolute atomic E-state index is 0.302. The van der Waals surface area contributed by atoms with E-state index in [0.717, 1.165) is 10.1 Å². The molecular formula is C9H7FOS. The van der Waals surface area contributed by atoms with E-state index in [-0.39, 0.29) is 5.82 Å². The molecule has 0 aliphatic rings. The van der Waals surface area contributed by atoms with Crippen LogP contribution < -0.4 is 4.74 Å². The molecule has 0 bridgehead atoms. The van der Waals surface area contributed by atoms with E-state index in [2.05, 4.69) is 0 Å². The minimum Gasteiger partial charge on any atom is -0.494 e. The van der Waals surface area contributed by atoms with Gasteiger partial charge in [0, 0.05) is 10.8 Å². The summed E-state index contributed by atoms with van der Waals surface area (Å²) in [5.74, 6) is 0.00773. The van der Waals surface area contributed by atoms with Crippen LogP contribution in [0.25, 0.3) is 10.1 Å². The zero-order valence-corrected chi connectivity index (χ0v) is 7.32. The standard InChI is InChI=1S/C9H7FOS/c1-11-8-5-9-6(2-3-12-9)4-7(8)10/h2-5H,1H3. The first kappa shape index (κ1) is 7.55. The number of halogens is 1. The lowest BCUT2D eigenvalue weighted by Gasteiger charge is -2.00. The van der Waals surface area contributed by atoms with E-state index in [9.17, 15) is 4.39 Å². The highest BCUT2D eigenvalue weighted by molar-refractivity contribution is 7.17. The third kappa shape index (κ3) is 1.06. The summed E-state index contributed by atoms with van der Waals surface area (Å²) in [5, 5.41) is 2.86. The molecule has 0 unspecified atom stereocenters. The van der Waals surface area contributed by atoms with Crippen LogP contribution in [0.1, 0.15) is 0 Å². The van der Waals surface area contributed by atoms with Crippen LogP contribution in [0, 0.1) is 5.82 Å². The highest BCUT2D eigenvalue weighted by atomic mass is 32.1. The largest absolute Gasteiger partial charge is 0.494 e. The maximum Gasteiger partial charge on any atom is 0.165 e. The first-order chi connectivity index (χ1) is 5.81. The first-order valence-electron chi connectivity index (χ1n) is 3.52. The summed E-state index contributed by atoms with van der Waals surface area (Å²) in [6.45, 7) is 0.